The van der Waals surface area contributed by atoms with Gasteiger partial charge in [-0.25, -0.2) is 4.98 Å². The van der Waals surface area contributed by atoms with Crippen molar-refractivity contribution in [3.63, 3.8) is 0 Å². The highest BCUT2D eigenvalue weighted by molar-refractivity contribution is 6.11. The third-order valence-corrected chi connectivity index (χ3v) is 11.0. The number of para-hydroxylation sites is 2. The average molecular weight is 730 g/mol. The first-order valence-electron chi connectivity index (χ1n) is 19.3. The van der Waals surface area contributed by atoms with Gasteiger partial charge in [0, 0.05) is 44.5 Å². The Labute approximate surface area is 330 Å². The molecule has 0 atom stereocenters. The number of anilines is 3. The summed E-state index contributed by atoms with van der Waals surface area (Å²) < 4.78 is 8.79. The fourth-order valence-corrected chi connectivity index (χ4v) is 8.32. The van der Waals surface area contributed by atoms with Gasteiger partial charge in [-0.2, -0.15) is 0 Å². The third-order valence-electron chi connectivity index (χ3n) is 11.0. The molecule has 4 heteroatoms. The van der Waals surface area contributed by atoms with Crippen LogP contribution >= 0.6 is 0 Å². The molecule has 0 unspecified atom stereocenters. The highest BCUT2D eigenvalue weighted by Crippen LogP contribution is 2.42. The minimum absolute atomic E-state index is 0.632. The lowest BCUT2D eigenvalue weighted by Crippen LogP contribution is -2.10. The van der Waals surface area contributed by atoms with Gasteiger partial charge in [0.25, 0.3) is 0 Å². The van der Waals surface area contributed by atoms with E-state index < -0.39 is 0 Å². The average Bonchev–Trinajstić information content (AvgIpc) is 3.88. The van der Waals surface area contributed by atoms with Crippen molar-refractivity contribution in [1.82, 2.24) is 9.55 Å². The van der Waals surface area contributed by atoms with Crippen molar-refractivity contribution in [2.45, 2.75) is 0 Å². The monoisotopic (exact) mass is 729 g/mol. The van der Waals surface area contributed by atoms with Gasteiger partial charge in [0.15, 0.2) is 5.58 Å². The van der Waals surface area contributed by atoms with Crippen molar-refractivity contribution in [2.75, 3.05) is 4.90 Å². The topological polar surface area (TPSA) is 34.2 Å². The van der Waals surface area contributed by atoms with E-state index in [1.807, 2.05) is 30.3 Å². The lowest BCUT2D eigenvalue weighted by atomic mass is 9.97. The molecule has 0 aliphatic rings. The van der Waals surface area contributed by atoms with Crippen LogP contribution in [0.3, 0.4) is 0 Å². The minimum Gasteiger partial charge on any atom is -0.435 e. The maximum atomic E-state index is 6.41. The first kappa shape index (κ1) is 32.7. The molecule has 0 bridgehead atoms. The van der Waals surface area contributed by atoms with Gasteiger partial charge in [0.2, 0.25) is 5.89 Å². The quantitative estimate of drug-likeness (QED) is 0.164. The van der Waals surface area contributed by atoms with Gasteiger partial charge in [-0.05, 0) is 100 Å². The van der Waals surface area contributed by atoms with Crippen molar-refractivity contribution >= 4 is 60.7 Å². The molecule has 9 aromatic carbocycles. The molecule has 0 aliphatic carbocycles. The SMILES string of the molecule is c1ccc(-c2ccc(N(c3ccc(-c4cccc5c4ccc4nc(-c6ccccc6)oc45)cc3)c3ccc4c5ccccc5n(-c5ccccc5)c4c3)cc2)cc1. The molecule has 4 nitrogen and oxygen atoms in total. The Bertz CT molecular complexity index is 3200. The van der Waals surface area contributed by atoms with E-state index in [0.717, 1.165) is 66.8 Å². The van der Waals surface area contributed by atoms with Crippen molar-refractivity contribution in [3.05, 3.63) is 212 Å². The van der Waals surface area contributed by atoms with E-state index in [4.69, 9.17) is 9.40 Å². The van der Waals surface area contributed by atoms with Crippen LogP contribution < -0.4 is 4.90 Å². The normalized spacial score (nSPS) is 11.5. The van der Waals surface area contributed by atoms with Crippen LogP contribution in [0.1, 0.15) is 0 Å². The summed E-state index contributed by atoms with van der Waals surface area (Å²) in [5.41, 5.74) is 14.0. The van der Waals surface area contributed by atoms with Crippen LogP contribution in [0, 0.1) is 0 Å². The maximum Gasteiger partial charge on any atom is 0.227 e. The van der Waals surface area contributed by atoms with Crippen LogP contribution in [0.25, 0.3) is 83.1 Å². The Morgan fingerprint density at radius 2 is 0.947 bits per heavy atom. The molecule has 0 radical (unpaired) electrons. The Kier molecular flexibility index (Phi) is 7.78. The summed E-state index contributed by atoms with van der Waals surface area (Å²) in [5.74, 6) is 0.632. The predicted octanol–water partition coefficient (Wildman–Crippen LogP) is 14.5. The summed E-state index contributed by atoms with van der Waals surface area (Å²) in [6.07, 6.45) is 0. The molecule has 2 heterocycles. The largest absolute Gasteiger partial charge is 0.435 e. The van der Waals surface area contributed by atoms with Gasteiger partial charge < -0.3 is 13.9 Å². The van der Waals surface area contributed by atoms with Crippen LogP contribution in [0.2, 0.25) is 0 Å². The van der Waals surface area contributed by atoms with Gasteiger partial charge in [-0.15, -0.1) is 0 Å². The zero-order chi connectivity index (χ0) is 37.7. The number of hydrogen-bond donors (Lipinski definition) is 0. The van der Waals surface area contributed by atoms with Gasteiger partial charge in [0.1, 0.15) is 5.52 Å². The Hall–Kier alpha value is -7.69. The summed E-state index contributed by atoms with van der Waals surface area (Å²) in [6, 6.07) is 75.3. The van der Waals surface area contributed by atoms with Gasteiger partial charge in [0.05, 0.1) is 11.0 Å². The minimum atomic E-state index is 0.632. The summed E-state index contributed by atoms with van der Waals surface area (Å²) in [5, 5.41) is 4.63. The predicted molar refractivity (Wildman–Crippen MR) is 237 cm³/mol. The molecule has 57 heavy (non-hydrogen) atoms. The van der Waals surface area contributed by atoms with Crippen molar-refractivity contribution in [1.29, 1.82) is 0 Å². The van der Waals surface area contributed by atoms with Crippen molar-refractivity contribution in [3.8, 4) is 39.4 Å². The molecule has 268 valence electrons. The summed E-state index contributed by atoms with van der Waals surface area (Å²) in [4.78, 5) is 7.19. The molecule has 0 saturated heterocycles. The van der Waals surface area contributed by atoms with Crippen molar-refractivity contribution < 1.29 is 4.42 Å². The second-order valence-electron chi connectivity index (χ2n) is 14.4. The van der Waals surface area contributed by atoms with Gasteiger partial charge >= 0.3 is 0 Å². The third kappa shape index (κ3) is 5.66. The molecule has 0 saturated carbocycles. The first-order valence-corrected chi connectivity index (χ1v) is 19.3. The van der Waals surface area contributed by atoms with Crippen LogP contribution in [-0.4, -0.2) is 9.55 Å². The van der Waals surface area contributed by atoms with E-state index in [2.05, 4.69) is 191 Å². The van der Waals surface area contributed by atoms with Crippen LogP contribution in [-0.2, 0) is 0 Å². The molecule has 0 amide bonds. The summed E-state index contributed by atoms with van der Waals surface area (Å²) in [6.45, 7) is 0. The van der Waals surface area contributed by atoms with E-state index in [0.29, 0.717) is 5.89 Å². The number of oxazole rings is 1. The van der Waals surface area contributed by atoms with Crippen LogP contribution in [0.5, 0.6) is 0 Å². The number of rotatable bonds is 7. The molecule has 2 aromatic heterocycles. The van der Waals surface area contributed by atoms with E-state index in [1.165, 1.54) is 27.4 Å². The Balaban J connectivity index is 1.04. The standard InChI is InChI=1S/C53H35N3O/c1-4-13-36(14-5-1)37-23-27-41(28-24-37)55(43-31-32-47-46-19-10-11-22-50(46)56(51(47)35-43)40-17-8-3-9-18-40)42-29-25-38(26-30-42)44-20-12-21-48-45(44)33-34-49-52(48)57-53(54-49)39-15-6-2-7-16-39/h1-35H. The van der Waals surface area contributed by atoms with E-state index in [9.17, 15) is 0 Å². The smallest absolute Gasteiger partial charge is 0.227 e. The number of fused-ring (bicyclic) bond motifs is 6. The lowest BCUT2D eigenvalue weighted by Gasteiger charge is -2.26. The molecule has 0 fully saturated rings. The number of aromatic nitrogens is 2. The lowest BCUT2D eigenvalue weighted by molar-refractivity contribution is 0.623. The Morgan fingerprint density at radius 3 is 1.68 bits per heavy atom. The number of nitrogens with zero attached hydrogens (tertiary/aromatic N) is 3. The Morgan fingerprint density at radius 1 is 0.386 bits per heavy atom. The summed E-state index contributed by atoms with van der Waals surface area (Å²) >= 11 is 0. The molecule has 0 N–H and O–H groups in total. The van der Waals surface area contributed by atoms with E-state index in [1.54, 1.807) is 0 Å². The van der Waals surface area contributed by atoms with Crippen molar-refractivity contribution in [2.24, 2.45) is 0 Å². The van der Waals surface area contributed by atoms with E-state index in [-0.39, 0.29) is 0 Å². The zero-order valence-electron chi connectivity index (χ0n) is 31.0. The second kappa shape index (κ2) is 13.6. The molecule has 0 spiro atoms. The van der Waals surface area contributed by atoms with Crippen LogP contribution in [0.15, 0.2) is 217 Å². The van der Waals surface area contributed by atoms with E-state index >= 15 is 0 Å². The maximum absolute atomic E-state index is 6.41. The van der Waals surface area contributed by atoms with Crippen LogP contribution in [0.4, 0.5) is 17.1 Å². The number of hydrogen-bond acceptors (Lipinski definition) is 3. The molecular weight excluding hydrogens is 695 g/mol. The first-order chi connectivity index (χ1) is 28.3. The second-order valence-corrected chi connectivity index (χ2v) is 14.4. The summed E-state index contributed by atoms with van der Waals surface area (Å²) in [7, 11) is 0. The molecular formula is C53H35N3O. The molecule has 11 rings (SSSR count). The zero-order valence-corrected chi connectivity index (χ0v) is 31.0. The highest BCUT2D eigenvalue weighted by Gasteiger charge is 2.19. The van der Waals surface area contributed by atoms with Gasteiger partial charge in [-0.3, -0.25) is 0 Å². The number of benzene rings is 9. The fourth-order valence-electron chi connectivity index (χ4n) is 8.32. The molecule has 0 aliphatic heterocycles. The van der Waals surface area contributed by atoms with Gasteiger partial charge in [-0.1, -0.05) is 140 Å². The highest BCUT2D eigenvalue weighted by atomic mass is 16.3. The fraction of sp³-hybridized carbons (Fsp3) is 0. The molecule has 11 aromatic rings.